The van der Waals surface area contributed by atoms with Crippen LogP contribution in [0.1, 0.15) is 31.7 Å². The average Bonchev–Trinajstić information content (AvgIpc) is 2.49. The van der Waals surface area contributed by atoms with E-state index in [4.69, 9.17) is 23.2 Å². The fourth-order valence-corrected chi connectivity index (χ4v) is 3.20. The smallest absolute Gasteiger partial charge is 0.221 e. The summed E-state index contributed by atoms with van der Waals surface area (Å²) in [5.74, 6) is 0.943. The molecule has 1 aromatic rings. The molecule has 1 aliphatic heterocycles. The maximum absolute atomic E-state index is 11.9. The monoisotopic (exact) mass is 342 g/mol. The number of rotatable bonds is 6. The molecule has 1 N–H and O–H groups in total. The van der Waals surface area contributed by atoms with Gasteiger partial charge in [-0.1, -0.05) is 36.2 Å². The lowest BCUT2D eigenvalue weighted by Gasteiger charge is -2.29. The van der Waals surface area contributed by atoms with Crippen LogP contribution in [0.3, 0.4) is 0 Å². The Hall–Kier alpha value is -0.770. The summed E-state index contributed by atoms with van der Waals surface area (Å²) >= 11 is 12.0. The molecule has 0 aliphatic carbocycles. The standard InChI is InChI=1S/C17H24Cl2N2O/c1-13-5-9-21(10-6-13)11-7-17(22)20-8-4-14-2-3-15(18)12-16(14)19/h2-3,12-13H,4-11H2,1H3,(H,20,22). The van der Waals surface area contributed by atoms with Crippen molar-refractivity contribution < 1.29 is 4.79 Å². The van der Waals surface area contributed by atoms with Gasteiger partial charge >= 0.3 is 0 Å². The molecule has 3 nitrogen and oxygen atoms in total. The van der Waals surface area contributed by atoms with Gasteiger partial charge in [-0.15, -0.1) is 0 Å². The number of nitrogens with zero attached hydrogens (tertiary/aromatic N) is 1. The summed E-state index contributed by atoms with van der Waals surface area (Å²) in [4.78, 5) is 14.3. The fourth-order valence-electron chi connectivity index (χ4n) is 2.69. The highest BCUT2D eigenvalue weighted by Crippen LogP contribution is 2.21. The maximum atomic E-state index is 11.9. The highest BCUT2D eigenvalue weighted by molar-refractivity contribution is 6.35. The van der Waals surface area contributed by atoms with Gasteiger partial charge < -0.3 is 10.2 Å². The first-order chi connectivity index (χ1) is 10.5. The van der Waals surface area contributed by atoms with Crippen molar-refractivity contribution in [1.82, 2.24) is 10.2 Å². The zero-order valence-electron chi connectivity index (χ0n) is 13.1. The molecule has 5 heteroatoms. The maximum Gasteiger partial charge on any atom is 0.221 e. The molecule has 1 aromatic carbocycles. The molecule has 0 atom stereocenters. The van der Waals surface area contributed by atoms with Gasteiger partial charge in [0.1, 0.15) is 0 Å². The van der Waals surface area contributed by atoms with Crippen LogP contribution in [0, 0.1) is 5.92 Å². The minimum atomic E-state index is 0.115. The second-order valence-corrected chi connectivity index (χ2v) is 6.95. The summed E-state index contributed by atoms with van der Waals surface area (Å²) in [5, 5.41) is 4.25. The molecular formula is C17H24Cl2N2O. The quantitative estimate of drug-likeness (QED) is 0.853. The molecule has 0 aromatic heterocycles. The number of hydrogen-bond acceptors (Lipinski definition) is 2. The molecule has 2 rings (SSSR count). The second-order valence-electron chi connectivity index (χ2n) is 6.11. The number of carbonyl (C=O) groups is 1. The predicted octanol–water partition coefficient (Wildman–Crippen LogP) is 3.77. The Bertz CT molecular complexity index is 499. The molecule has 0 bridgehead atoms. The highest BCUT2D eigenvalue weighted by Gasteiger charge is 2.16. The van der Waals surface area contributed by atoms with Crippen molar-refractivity contribution in [3.05, 3.63) is 33.8 Å². The molecule has 0 radical (unpaired) electrons. The average molecular weight is 343 g/mol. The van der Waals surface area contributed by atoms with E-state index in [0.29, 0.717) is 23.0 Å². The van der Waals surface area contributed by atoms with Crippen LogP contribution >= 0.6 is 23.2 Å². The van der Waals surface area contributed by atoms with E-state index in [1.54, 1.807) is 6.07 Å². The van der Waals surface area contributed by atoms with Gasteiger partial charge in [0.15, 0.2) is 0 Å². The van der Waals surface area contributed by atoms with E-state index < -0.39 is 0 Å². The van der Waals surface area contributed by atoms with Crippen LogP contribution in [0.4, 0.5) is 0 Å². The fraction of sp³-hybridized carbons (Fsp3) is 0.588. The first-order valence-electron chi connectivity index (χ1n) is 7.97. The largest absolute Gasteiger partial charge is 0.356 e. The first kappa shape index (κ1) is 17.6. The van der Waals surface area contributed by atoms with Crippen molar-refractivity contribution >= 4 is 29.1 Å². The Morgan fingerprint density at radius 3 is 2.73 bits per heavy atom. The van der Waals surface area contributed by atoms with Crippen molar-refractivity contribution in [3.8, 4) is 0 Å². The van der Waals surface area contributed by atoms with Gasteiger partial charge in [0.25, 0.3) is 0 Å². The molecule has 1 amide bonds. The molecule has 0 spiro atoms. The molecule has 1 fully saturated rings. The van der Waals surface area contributed by atoms with Crippen LogP contribution in [-0.4, -0.2) is 37.0 Å². The van der Waals surface area contributed by atoms with Crippen molar-refractivity contribution in [1.29, 1.82) is 0 Å². The minimum absolute atomic E-state index is 0.115. The number of piperidine rings is 1. The van der Waals surface area contributed by atoms with Gasteiger partial charge in [-0.3, -0.25) is 4.79 Å². The van der Waals surface area contributed by atoms with Crippen molar-refractivity contribution in [2.75, 3.05) is 26.2 Å². The van der Waals surface area contributed by atoms with Gasteiger partial charge in [-0.2, -0.15) is 0 Å². The Kier molecular flexibility index (Phi) is 7.00. The lowest BCUT2D eigenvalue weighted by Crippen LogP contribution is -2.36. The van der Waals surface area contributed by atoms with E-state index in [1.165, 1.54) is 12.8 Å². The van der Waals surface area contributed by atoms with Gasteiger partial charge in [-0.25, -0.2) is 0 Å². The van der Waals surface area contributed by atoms with E-state index in [-0.39, 0.29) is 5.91 Å². The van der Waals surface area contributed by atoms with E-state index >= 15 is 0 Å². The van der Waals surface area contributed by atoms with Gasteiger partial charge in [0, 0.05) is 29.6 Å². The summed E-state index contributed by atoms with van der Waals surface area (Å²) in [5.41, 5.74) is 1.01. The molecule has 1 aliphatic rings. The summed E-state index contributed by atoms with van der Waals surface area (Å²) < 4.78 is 0. The summed E-state index contributed by atoms with van der Waals surface area (Å²) in [6, 6.07) is 5.46. The van der Waals surface area contributed by atoms with E-state index in [1.807, 2.05) is 12.1 Å². The van der Waals surface area contributed by atoms with Gasteiger partial charge in [0.2, 0.25) is 5.91 Å². The number of likely N-dealkylation sites (tertiary alicyclic amines) is 1. The molecular weight excluding hydrogens is 319 g/mol. The van der Waals surface area contributed by atoms with E-state index in [2.05, 4.69) is 17.1 Å². The third kappa shape index (κ3) is 5.79. The molecule has 122 valence electrons. The lowest BCUT2D eigenvalue weighted by molar-refractivity contribution is -0.121. The zero-order chi connectivity index (χ0) is 15.9. The number of nitrogens with one attached hydrogen (secondary N) is 1. The SMILES string of the molecule is CC1CCN(CCC(=O)NCCc2ccc(Cl)cc2Cl)CC1. The topological polar surface area (TPSA) is 32.3 Å². The zero-order valence-corrected chi connectivity index (χ0v) is 14.6. The van der Waals surface area contributed by atoms with Crippen LogP contribution in [0.2, 0.25) is 10.0 Å². The van der Waals surface area contributed by atoms with Crippen LogP contribution in [0.5, 0.6) is 0 Å². The van der Waals surface area contributed by atoms with Crippen LogP contribution in [-0.2, 0) is 11.2 Å². The second kappa shape index (κ2) is 8.76. The molecule has 22 heavy (non-hydrogen) atoms. The normalized spacial score (nSPS) is 16.7. The summed E-state index contributed by atoms with van der Waals surface area (Å²) in [7, 11) is 0. The van der Waals surface area contributed by atoms with Crippen molar-refractivity contribution in [3.63, 3.8) is 0 Å². The first-order valence-corrected chi connectivity index (χ1v) is 8.73. The van der Waals surface area contributed by atoms with Crippen molar-refractivity contribution in [2.24, 2.45) is 5.92 Å². The van der Waals surface area contributed by atoms with Gasteiger partial charge in [0.05, 0.1) is 0 Å². The van der Waals surface area contributed by atoms with Crippen molar-refractivity contribution in [2.45, 2.75) is 32.6 Å². The number of hydrogen-bond donors (Lipinski definition) is 1. The Morgan fingerprint density at radius 1 is 1.32 bits per heavy atom. The summed E-state index contributed by atoms with van der Waals surface area (Å²) in [6.07, 6.45) is 3.79. The third-order valence-corrected chi connectivity index (χ3v) is 4.85. The van der Waals surface area contributed by atoms with Gasteiger partial charge in [-0.05, 0) is 56.0 Å². The number of amides is 1. The molecule has 1 heterocycles. The summed E-state index contributed by atoms with van der Waals surface area (Å²) in [6.45, 7) is 6.01. The molecule has 1 saturated heterocycles. The number of halogens is 2. The Balaban J connectivity index is 1.63. The van der Waals surface area contributed by atoms with E-state index in [9.17, 15) is 4.79 Å². The highest BCUT2D eigenvalue weighted by atomic mass is 35.5. The number of benzene rings is 1. The Morgan fingerprint density at radius 2 is 2.05 bits per heavy atom. The molecule has 0 unspecified atom stereocenters. The van der Waals surface area contributed by atoms with E-state index in [0.717, 1.165) is 37.5 Å². The third-order valence-electron chi connectivity index (χ3n) is 4.26. The molecule has 0 saturated carbocycles. The lowest BCUT2D eigenvalue weighted by atomic mass is 9.99. The van der Waals surface area contributed by atoms with Crippen LogP contribution in [0.25, 0.3) is 0 Å². The Labute approximate surface area is 143 Å². The van der Waals surface area contributed by atoms with Crippen LogP contribution in [0.15, 0.2) is 18.2 Å². The minimum Gasteiger partial charge on any atom is -0.356 e. The van der Waals surface area contributed by atoms with Crippen LogP contribution < -0.4 is 5.32 Å². The number of carbonyl (C=O) groups excluding carboxylic acids is 1. The predicted molar refractivity (Wildman–Crippen MR) is 92.6 cm³/mol.